The fraction of sp³-hybridized carbons (Fsp3) is 0.538. The Morgan fingerprint density at radius 3 is 2.25 bits per heavy atom. The van der Waals surface area contributed by atoms with Gasteiger partial charge in [0.1, 0.15) is 5.82 Å². The van der Waals surface area contributed by atoms with Crippen molar-refractivity contribution in [1.29, 1.82) is 0 Å². The van der Waals surface area contributed by atoms with Crippen molar-refractivity contribution >= 4 is 0 Å². The second kappa shape index (κ2) is 5.92. The van der Waals surface area contributed by atoms with Gasteiger partial charge in [0, 0.05) is 5.56 Å². The number of hydrogen-bond acceptors (Lipinski definition) is 0. The van der Waals surface area contributed by atoms with E-state index in [1.807, 2.05) is 6.92 Å². The van der Waals surface area contributed by atoms with Crippen LogP contribution in [0.3, 0.4) is 0 Å². The molecule has 0 spiro atoms. The van der Waals surface area contributed by atoms with E-state index in [0.29, 0.717) is 12.8 Å². The highest BCUT2D eigenvalue weighted by molar-refractivity contribution is 5.28. The van der Waals surface area contributed by atoms with E-state index in [1.165, 1.54) is 0 Å². The first kappa shape index (κ1) is 13.1. The lowest BCUT2D eigenvalue weighted by Crippen LogP contribution is -2.03. The van der Waals surface area contributed by atoms with Crippen LogP contribution in [0.15, 0.2) is 6.07 Å². The van der Waals surface area contributed by atoms with E-state index < -0.39 is 17.5 Å². The molecule has 0 radical (unpaired) electrons. The highest BCUT2D eigenvalue weighted by atomic mass is 19.2. The van der Waals surface area contributed by atoms with Crippen molar-refractivity contribution in [2.45, 2.75) is 46.0 Å². The number of benzene rings is 1. The molecule has 1 aromatic carbocycles. The molecule has 0 saturated heterocycles. The Hall–Kier alpha value is -0.990. The van der Waals surface area contributed by atoms with Crippen LogP contribution in [-0.2, 0) is 12.8 Å². The molecule has 0 fully saturated rings. The van der Waals surface area contributed by atoms with E-state index in [9.17, 15) is 13.2 Å². The normalized spacial score (nSPS) is 10.8. The molecular weight excluding hydrogens is 213 g/mol. The minimum Gasteiger partial charge on any atom is -0.207 e. The molecule has 0 aliphatic carbocycles. The summed E-state index contributed by atoms with van der Waals surface area (Å²) in [6.07, 6.45) is 3.13. The first-order chi connectivity index (χ1) is 7.61. The maximum Gasteiger partial charge on any atom is 0.165 e. The van der Waals surface area contributed by atoms with E-state index in [4.69, 9.17) is 0 Å². The second-order valence-corrected chi connectivity index (χ2v) is 3.93. The smallest absolute Gasteiger partial charge is 0.165 e. The third-order valence-electron chi connectivity index (χ3n) is 2.74. The maximum atomic E-state index is 13.5. The summed E-state index contributed by atoms with van der Waals surface area (Å²) in [7, 11) is 0. The van der Waals surface area contributed by atoms with Crippen molar-refractivity contribution in [3.05, 3.63) is 34.6 Å². The molecule has 0 saturated carbocycles. The molecule has 1 rings (SSSR count). The SMILES string of the molecule is CCCCCc1c(F)cc(CC)c(F)c1F. The molecule has 90 valence electrons. The van der Waals surface area contributed by atoms with Crippen molar-refractivity contribution in [2.24, 2.45) is 0 Å². The summed E-state index contributed by atoms with van der Waals surface area (Å²) in [5.41, 5.74) is -0.00242. The Bertz CT molecular complexity index is 359. The van der Waals surface area contributed by atoms with Crippen LogP contribution in [-0.4, -0.2) is 0 Å². The number of rotatable bonds is 5. The molecule has 0 atom stereocenters. The van der Waals surface area contributed by atoms with E-state index in [2.05, 4.69) is 0 Å². The molecule has 3 heteroatoms. The highest BCUT2D eigenvalue weighted by Gasteiger charge is 2.17. The third-order valence-corrected chi connectivity index (χ3v) is 2.74. The molecule has 0 N–H and O–H groups in total. The predicted molar refractivity (Wildman–Crippen MR) is 58.9 cm³/mol. The molecule has 0 unspecified atom stereocenters. The van der Waals surface area contributed by atoms with Crippen molar-refractivity contribution in [3.63, 3.8) is 0 Å². The molecule has 0 amide bonds. The molecule has 0 aromatic heterocycles. The fourth-order valence-corrected chi connectivity index (χ4v) is 1.72. The van der Waals surface area contributed by atoms with Gasteiger partial charge in [-0.1, -0.05) is 26.7 Å². The second-order valence-electron chi connectivity index (χ2n) is 3.93. The number of aryl methyl sites for hydroxylation is 1. The van der Waals surface area contributed by atoms with Crippen molar-refractivity contribution in [3.8, 4) is 0 Å². The maximum absolute atomic E-state index is 13.5. The third kappa shape index (κ3) is 2.77. The van der Waals surface area contributed by atoms with Crippen molar-refractivity contribution < 1.29 is 13.2 Å². The fourth-order valence-electron chi connectivity index (χ4n) is 1.72. The van der Waals surface area contributed by atoms with E-state index in [1.54, 1.807) is 6.92 Å². The summed E-state index contributed by atoms with van der Waals surface area (Å²) in [6, 6.07) is 1.11. The first-order valence-corrected chi connectivity index (χ1v) is 5.77. The van der Waals surface area contributed by atoms with Gasteiger partial charge in [-0.2, -0.15) is 0 Å². The summed E-state index contributed by atoms with van der Waals surface area (Å²) in [5, 5.41) is 0. The van der Waals surface area contributed by atoms with Crippen LogP contribution in [0.1, 0.15) is 44.2 Å². The Morgan fingerprint density at radius 2 is 1.69 bits per heavy atom. The lowest BCUT2D eigenvalue weighted by atomic mass is 10.0. The van der Waals surface area contributed by atoms with Crippen LogP contribution in [0.2, 0.25) is 0 Å². The van der Waals surface area contributed by atoms with Crippen molar-refractivity contribution in [1.82, 2.24) is 0 Å². The average molecular weight is 230 g/mol. The minimum atomic E-state index is -1.01. The zero-order chi connectivity index (χ0) is 12.1. The van der Waals surface area contributed by atoms with Gasteiger partial charge in [0.05, 0.1) is 0 Å². The van der Waals surface area contributed by atoms with Crippen LogP contribution >= 0.6 is 0 Å². The van der Waals surface area contributed by atoms with Gasteiger partial charge >= 0.3 is 0 Å². The highest BCUT2D eigenvalue weighted by Crippen LogP contribution is 2.22. The van der Waals surface area contributed by atoms with Crippen LogP contribution in [0, 0.1) is 17.5 Å². The van der Waals surface area contributed by atoms with Crippen LogP contribution in [0.5, 0.6) is 0 Å². The summed E-state index contributed by atoms with van der Waals surface area (Å²) in [4.78, 5) is 0. The monoisotopic (exact) mass is 230 g/mol. The lowest BCUT2D eigenvalue weighted by Gasteiger charge is -2.08. The number of hydrogen-bond donors (Lipinski definition) is 0. The molecule has 16 heavy (non-hydrogen) atoms. The quantitative estimate of drug-likeness (QED) is 0.519. The topological polar surface area (TPSA) is 0 Å². The molecule has 0 aliphatic rings. The Labute approximate surface area is 94.5 Å². The lowest BCUT2D eigenvalue weighted by molar-refractivity contribution is 0.468. The Morgan fingerprint density at radius 1 is 1.00 bits per heavy atom. The minimum absolute atomic E-state index is 0.106. The summed E-state index contributed by atoms with van der Waals surface area (Å²) in [5.74, 6) is -2.52. The predicted octanol–water partition coefficient (Wildman–Crippen LogP) is 4.40. The molecule has 0 bridgehead atoms. The zero-order valence-corrected chi connectivity index (χ0v) is 9.75. The van der Waals surface area contributed by atoms with Crippen molar-refractivity contribution in [2.75, 3.05) is 0 Å². The van der Waals surface area contributed by atoms with Gasteiger partial charge in [-0.25, -0.2) is 13.2 Å². The van der Waals surface area contributed by atoms with Gasteiger partial charge in [-0.15, -0.1) is 0 Å². The Kier molecular flexibility index (Phi) is 4.84. The molecule has 1 aromatic rings. The van der Waals surface area contributed by atoms with Gasteiger partial charge in [0.2, 0.25) is 0 Å². The van der Waals surface area contributed by atoms with Gasteiger partial charge in [-0.3, -0.25) is 0 Å². The van der Waals surface area contributed by atoms with Crippen LogP contribution in [0.25, 0.3) is 0 Å². The summed E-state index contributed by atoms with van der Waals surface area (Å²) < 4.78 is 40.4. The van der Waals surface area contributed by atoms with Gasteiger partial charge in [0.25, 0.3) is 0 Å². The average Bonchev–Trinajstić information content (AvgIpc) is 2.28. The molecule has 0 nitrogen and oxygen atoms in total. The summed E-state index contributed by atoms with van der Waals surface area (Å²) in [6.45, 7) is 3.68. The van der Waals surface area contributed by atoms with E-state index in [-0.39, 0.29) is 17.5 Å². The van der Waals surface area contributed by atoms with E-state index in [0.717, 1.165) is 18.9 Å². The number of unbranched alkanes of at least 4 members (excludes halogenated alkanes) is 2. The summed E-state index contributed by atoms with van der Waals surface area (Å²) >= 11 is 0. The molecule has 0 heterocycles. The van der Waals surface area contributed by atoms with Crippen LogP contribution < -0.4 is 0 Å². The largest absolute Gasteiger partial charge is 0.207 e. The van der Waals surface area contributed by atoms with E-state index >= 15 is 0 Å². The number of halogens is 3. The standard InChI is InChI=1S/C13H17F3/c1-3-5-6-7-10-11(14)8-9(4-2)12(15)13(10)16/h8H,3-7H2,1-2H3. The molecule has 0 aliphatic heterocycles. The Balaban J connectivity index is 2.96. The van der Waals surface area contributed by atoms with Gasteiger partial charge in [-0.05, 0) is 30.9 Å². The van der Waals surface area contributed by atoms with Crippen LogP contribution in [0.4, 0.5) is 13.2 Å². The first-order valence-electron chi connectivity index (χ1n) is 5.77. The molecular formula is C13H17F3. The van der Waals surface area contributed by atoms with Gasteiger partial charge in [0.15, 0.2) is 11.6 Å². The van der Waals surface area contributed by atoms with Gasteiger partial charge < -0.3 is 0 Å². The zero-order valence-electron chi connectivity index (χ0n) is 9.75.